The molecular formula is C11H10N2OS. The molecule has 0 fully saturated rings. The first-order chi connectivity index (χ1) is 7.18. The van der Waals surface area contributed by atoms with Gasteiger partial charge in [-0.3, -0.25) is 9.78 Å². The average Bonchev–Trinajstić information content (AvgIpc) is 2.65. The van der Waals surface area contributed by atoms with E-state index in [-0.39, 0.29) is 5.78 Å². The highest BCUT2D eigenvalue weighted by atomic mass is 32.1. The highest BCUT2D eigenvalue weighted by Gasteiger charge is 2.13. The molecule has 0 radical (unpaired) electrons. The fraction of sp³-hybridized carbons (Fsp3) is 0.0909. The summed E-state index contributed by atoms with van der Waals surface area (Å²) in [6.07, 6.45) is 1.49. The van der Waals surface area contributed by atoms with Crippen LogP contribution in [0, 0.1) is 6.92 Å². The molecule has 0 spiro atoms. The monoisotopic (exact) mass is 218 g/mol. The number of pyridine rings is 1. The van der Waals surface area contributed by atoms with Crippen LogP contribution in [0.25, 0.3) is 0 Å². The Kier molecular flexibility index (Phi) is 2.51. The van der Waals surface area contributed by atoms with Gasteiger partial charge in [0.25, 0.3) is 0 Å². The van der Waals surface area contributed by atoms with Crippen LogP contribution in [0.4, 0.5) is 5.69 Å². The second-order valence-electron chi connectivity index (χ2n) is 3.20. The lowest BCUT2D eigenvalue weighted by molar-refractivity contribution is 0.103. The topological polar surface area (TPSA) is 56.0 Å². The molecule has 0 unspecified atom stereocenters. The number of thiophene rings is 1. The number of anilines is 1. The summed E-state index contributed by atoms with van der Waals surface area (Å²) >= 11 is 1.56. The number of hydrogen-bond donors (Lipinski definition) is 1. The van der Waals surface area contributed by atoms with Crippen molar-refractivity contribution >= 4 is 22.8 Å². The zero-order valence-corrected chi connectivity index (χ0v) is 9.04. The summed E-state index contributed by atoms with van der Waals surface area (Å²) in [5, 5.41) is 1.90. The molecule has 0 bridgehead atoms. The van der Waals surface area contributed by atoms with Crippen LogP contribution in [-0.4, -0.2) is 10.8 Å². The minimum Gasteiger partial charge on any atom is -0.397 e. The van der Waals surface area contributed by atoms with Crippen molar-refractivity contribution in [2.45, 2.75) is 6.92 Å². The van der Waals surface area contributed by atoms with E-state index in [1.54, 1.807) is 23.5 Å². The zero-order chi connectivity index (χ0) is 10.8. The normalized spacial score (nSPS) is 10.2. The first kappa shape index (κ1) is 9.86. The fourth-order valence-corrected chi connectivity index (χ4v) is 1.99. The summed E-state index contributed by atoms with van der Waals surface area (Å²) in [5.41, 5.74) is 7.22. The van der Waals surface area contributed by atoms with Crippen LogP contribution < -0.4 is 5.73 Å². The molecule has 2 aromatic heterocycles. The van der Waals surface area contributed by atoms with E-state index in [4.69, 9.17) is 5.73 Å². The van der Waals surface area contributed by atoms with Gasteiger partial charge in [-0.1, -0.05) is 0 Å². The standard InChI is InChI=1S/C11H10N2OS/c1-7-9(4-5-15-7)11(14)10-3-2-8(12)6-13-10/h2-6H,12H2,1H3. The molecule has 15 heavy (non-hydrogen) atoms. The Morgan fingerprint density at radius 1 is 1.40 bits per heavy atom. The Bertz CT molecular complexity index is 488. The van der Waals surface area contributed by atoms with Gasteiger partial charge in [0.2, 0.25) is 5.78 Å². The first-order valence-electron chi connectivity index (χ1n) is 4.49. The Hall–Kier alpha value is -1.68. The predicted octanol–water partition coefficient (Wildman–Crippen LogP) is 2.26. The van der Waals surface area contributed by atoms with Crippen molar-refractivity contribution < 1.29 is 4.79 Å². The van der Waals surface area contributed by atoms with Gasteiger partial charge < -0.3 is 5.73 Å². The molecule has 76 valence electrons. The van der Waals surface area contributed by atoms with E-state index < -0.39 is 0 Å². The smallest absolute Gasteiger partial charge is 0.212 e. The summed E-state index contributed by atoms with van der Waals surface area (Å²) in [5.74, 6) is -0.0475. The molecule has 2 rings (SSSR count). The minimum absolute atomic E-state index is 0.0475. The lowest BCUT2D eigenvalue weighted by Gasteiger charge is -1.99. The van der Waals surface area contributed by atoms with Gasteiger partial charge in [-0.25, -0.2) is 0 Å². The van der Waals surface area contributed by atoms with Gasteiger partial charge in [-0.2, -0.15) is 0 Å². The van der Waals surface area contributed by atoms with Crippen LogP contribution in [0.3, 0.4) is 0 Å². The number of aryl methyl sites for hydroxylation is 1. The molecule has 0 atom stereocenters. The fourth-order valence-electron chi connectivity index (χ4n) is 1.30. The molecule has 0 saturated carbocycles. The molecular weight excluding hydrogens is 208 g/mol. The third kappa shape index (κ3) is 1.89. The van der Waals surface area contributed by atoms with Crippen molar-refractivity contribution in [2.75, 3.05) is 5.73 Å². The number of ketones is 1. The Morgan fingerprint density at radius 2 is 2.20 bits per heavy atom. The van der Waals surface area contributed by atoms with Gasteiger partial charge in [0, 0.05) is 10.4 Å². The first-order valence-corrected chi connectivity index (χ1v) is 5.37. The minimum atomic E-state index is -0.0475. The van der Waals surface area contributed by atoms with Gasteiger partial charge >= 0.3 is 0 Å². The van der Waals surface area contributed by atoms with E-state index in [9.17, 15) is 4.79 Å². The number of carbonyl (C=O) groups excluding carboxylic acids is 1. The van der Waals surface area contributed by atoms with Gasteiger partial charge in [0.05, 0.1) is 11.9 Å². The van der Waals surface area contributed by atoms with E-state index in [2.05, 4.69) is 4.98 Å². The molecule has 0 aliphatic rings. The SMILES string of the molecule is Cc1sccc1C(=O)c1ccc(N)cn1. The molecule has 0 aromatic carbocycles. The predicted molar refractivity (Wildman–Crippen MR) is 61.1 cm³/mol. The van der Waals surface area contributed by atoms with E-state index >= 15 is 0 Å². The van der Waals surface area contributed by atoms with Gasteiger partial charge in [0.1, 0.15) is 5.69 Å². The molecule has 0 amide bonds. The van der Waals surface area contributed by atoms with Gasteiger partial charge in [0.15, 0.2) is 0 Å². The summed E-state index contributed by atoms with van der Waals surface area (Å²) in [7, 11) is 0. The van der Waals surface area contributed by atoms with Gasteiger partial charge in [-0.05, 0) is 30.5 Å². The highest BCUT2D eigenvalue weighted by Crippen LogP contribution is 2.18. The molecule has 4 heteroatoms. The number of aromatic nitrogens is 1. The van der Waals surface area contributed by atoms with Crippen molar-refractivity contribution in [1.29, 1.82) is 0 Å². The summed E-state index contributed by atoms with van der Waals surface area (Å²) in [6.45, 7) is 1.93. The maximum absolute atomic E-state index is 11.9. The molecule has 3 nitrogen and oxygen atoms in total. The van der Waals surface area contributed by atoms with E-state index in [1.807, 2.05) is 18.4 Å². The second kappa shape index (κ2) is 3.82. The molecule has 2 heterocycles. The largest absolute Gasteiger partial charge is 0.397 e. The van der Waals surface area contributed by atoms with Crippen LogP contribution in [-0.2, 0) is 0 Å². The van der Waals surface area contributed by atoms with E-state index in [1.165, 1.54) is 6.20 Å². The van der Waals surface area contributed by atoms with Crippen molar-refractivity contribution in [2.24, 2.45) is 0 Å². The van der Waals surface area contributed by atoms with Crippen molar-refractivity contribution in [3.05, 3.63) is 45.9 Å². The number of nitrogen functional groups attached to an aromatic ring is 1. The lowest BCUT2D eigenvalue weighted by atomic mass is 10.1. The Labute approximate surface area is 91.6 Å². The third-order valence-corrected chi connectivity index (χ3v) is 2.97. The maximum Gasteiger partial charge on any atom is 0.212 e. The number of nitrogens with zero attached hydrogens (tertiary/aromatic N) is 1. The average molecular weight is 218 g/mol. The lowest BCUT2D eigenvalue weighted by Crippen LogP contribution is -2.04. The molecule has 0 aliphatic heterocycles. The van der Waals surface area contributed by atoms with E-state index in [0.717, 1.165) is 10.4 Å². The third-order valence-electron chi connectivity index (χ3n) is 2.12. The van der Waals surface area contributed by atoms with Gasteiger partial charge in [-0.15, -0.1) is 11.3 Å². The second-order valence-corrected chi connectivity index (χ2v) is 4.32. The number of rotatable bonds is 2. The number of nitrogens with two attached hydrogens (primary N) is 1. The molecule has 0 saturated heterocycles. The van der Waals surface area contributed by atoms with Crippen LogP contribution in [0.1, 0.15) is 20.9 Å². The van der Waals surface area contributed by atoms with Crippen LogP contribution in [0.15, 0.2) is 29.8 Å². The van der Waals surface area contributed by atoms with Crippen LogP contribution in [0.5, 0.6) is 0 Å². The van der Waals surface area contributed by atoms with Crippen molar-refractivity contribution in [1.82, 2.24) is 4.98 Å². The molecule has 2 aromatic rings. The number of hydrogen-bond acceptors (Lipinski definition) is 4. The highest BCUT2D eigenvalue weighted by molar-refractivity contribution is 7.10. The quantitative estimate of drug-likeness (QED) is 0.787. The Morgan fingerprint density at radius 3 is 2.73 bits per heavy atom. The maximum atomic E-state index is 11.9. The van der Waals surface area contributed by atoms with Crippen molar-refractivity contribution in [3.63, 3.8) is 0 Å². The van der Waals surface area contributed by atoms with Crippen molar-refractivity contribution in [3.8, 4) is 0 Å². The summed E-state index contributed by atoms with van der Waals surface area (Å²) in [6, 6.07) is 5.15. The van der Waals surface area contributed by atoms with Crippen LogP contribution in [0.2, 0.25) is 0 Å². The number of carbonyl (C=O) groups is 1. The summed E-state index contributed by atoms with van der Waals surface area (Å²) < 4.78 is 0. The molecule has 0 aliphatic carbocycles. The zero-order valence-electron chi connectivity index (χ0n) is 8.23. The Balaban J connectivity index is 2.37. The van der Waals surface area contributed by atoms with E-state index in [0.29, 0.717) is 11.4 Å². The molecule has 2 N–H and O–H groups in total. The van der Waals surface area contributed by atoms with Crippen LogP contribution >= 0.6 is 11.3 Å². The summed E-state index contributed by atoms with van der Waals surface area (Å²) in [4.78, 5) is 17.0.